The standard InChI is InChI=1S/C15H11F2NO3/c16-11-5-10-13(6-12(11)17)18(9-2-3-9)7-8(15(10)21)1-4-14(19)20/h1,4-7,9H,2-3H2,(H,19,20)/b4-1+. The van der Waals surface area contributed by atoms with Crippen molar-refractivity contribution in [2.45, 2.75) is 18.9 Å². The predicted octanol–water partition coefficient (Wildman–Crippen LogP) is 2.71. The van der Waals surface area contributed by atoms with Crippen LogP contribution in [0.4, 0.5) is 8.78 Å². The van der Waals surface area contributed by atoms with E-state index in [0.29, 0.717) is 5.52 Å². The van der Waals surface area contributed by atoms with Gasteiger partial charge in [0, 0.05) is 35.3 Å². The second kappa shape index (κ2) is 4.80. The van der Waals surface area contributed by atoms with E-state index >= 15 is 0 Å². The highest BCUT2D eigenvalue weighted by molar-refractivity contribution is 5.87. The van der Waals surface area contributed by atoms with E-state index in [1.165, 1.54) is 12.3 Å². The number of aromatic nitrogens is 1. The van der Waals surface area contributed by atoms with Crippen LogP contribution in [0.3, 0.4) is 0 Å². The molecule has 4 nitrogen and oxygen atoms in total. The van der Waals surface area contributed by atoms with Crippen LogP contribution in [0.5, 0.6) is 0 Å². The summed E-state index contributed by atoms with van der Waals surface area (Å²) in [6.07, 6.45) is 5.29. The monoisotopic (exact) mass is 291 g/mol. The van der Waals surface area contributed by atoms with Gasteiger partial charge in [0.2, 0.25) is 0 Å². The van der Waals surface area contributed by atoms with E-state index in [9.17, 15) is 18.4 Å². The van der Waals surface area contributed by atoms with Gasteiger partial charge in [-0.2, -0.15) is 0 Å². The number of pyridine rings is 1. The lowest BCUT2D eigenvalue weighted by Gasteiger charge is -2.11. The first kappa shape index (κ1) is 13.5. The Morgan fingerprint density at radius 3 is 2.57 bits per heavy atom. The minimum atomic E-state index is -1.18. The normalized spacial score (nSPS) is 15.0. The molecule has 1 fully saturated rings. The number of hydrogen-bond donors (Lipinski definition) is 1. The van der Waals surface area contributed by atoms with Crippen molar-refractivity contribution in [3.8, 4) is 0 Å². The zero-order valence-corrected chi connectivity index (χ0v) is 10.8. The maximum atomic E-state index is 13.4. The SMILES string of the molecule is O=C(O)/C=C/c1cn(C2CC2)c2cc(F)c(F)cc2c1=O. The Bertz CT molecular complexity index is 835. The van der Waals surface area contributed by atoms with Crippen molar-refractivity contribution in [2.75, 3.05) is 0 Å². The highest BCUT2D eigenvalue weighted by Gasteiger charge is 2.25. The summed E-state index contributed by atoms with van der Waals surface area (Å²) in [6.45, 7) is 0. The molecule has 0 radical (unpaired) electrons. The Hall–Kier alpha value is -2.50. The van der Waals surface area contributed by atoms with Crippen LogP contribution < -0.4 is 5.43 Å². The molecule has 1 aliphatic rings. The Morgan fingerprint density at radius 2 is 1.95 bits per heavy atom. The summed E-state index contributed by atoms with van der Waals surface area (Å²) in [5.74, 6) is -3.29. The number of carboxylic acids is 1. The molecule has 1 aliphatic carbocycles. The Labute approximate surface area is 117 Å². The Morgan fingerprint density at radius 1 is 1.29 bits per heavy atom. The fourth-order valence-electron chi connectivity index (χ4n) is 2.30. The molecule has 0 bridgehead atoms. The summed E-state index contributed by atoms with van der Waals surface area (Å²) in [4.78, 5) is 22.8. The van der Waals surface area contributed by atoms with Crippen LogP contribution >= 0.6 is 0 Å². The van der Waals surface area contributed by atoms with Gasteiger partial charge >= 0.3 is 5.97 Å². The third-order valence-corrected chi connectivity index (χ3v) is 3.45. The molecule has 6 heteroatoms. The molecule has 1 aromatic heterocycles. The number of carboxylic acid groups (broad SMARTS) is 1. The first-order valence-corrected chi connectivity index (χ1v) is 6.42. The van der Waals surface area contributed by atoms with E-state index in [-0.39, 0.29) is 17.0 Å². The Kier molecular flexibility index (Phi) is 3.08. The van der Waals surface area contributed by atoms with Gasteiger partial charge in [0.25, 0.3) is 0 Å². The van der Waals surface area contributed by atoms with Crippen molar-refractivity contribution in [3.63, 3.8) is 0 Å². The summed E-state index contributed by atoms with van der Waals surface area (Å²) in [7, 11) is 0. The van der Waals surface area contributed by atoms with Crippen molar-refractivity contribution in [1.29, 1.82) is 0 Å². The van der Waals surface area contributed by atoms with E-state index in [1.54, 1.807) is 4.57 Å². The van der Waals surface area contributed by atoms with Crippen molar-refractivity contribution in [2.24, 2.45) is 0 Å². The van der Waals surface area contributed by atoms with E-state index < -0.39 is 23.0 Å². The summed E-state index contributed by atoms with van der Waals surface area (Å²) in [6, 6.07) is 2.01. The lowest BCUT2D eigenvalue weighted by Crippen LogP contribution is -2.13. The van der Waals surface area contributed by atoms with Crippen LogP contribution in [0.1, 0.15) is 24.4 Å². The fourth-order valence-corrected chi connectivity index (χ4v) is 2.30. The van der Waals surface area contributed by atoms with Crippen LogP contribution in [0.25, 0.3) is 17.0 Å². The van der Waals surface area contributed by atoms with E-state index in [0.717, 1.165) is 31.1 Å². The molecule has 1 saturated carbocycles. The number of hydrogen-bond acceptors (Lipinski definition) is 2. The quantitative estimate of drug-likeness (QED) is 0.885. The van der Waals surface area contributed by atoms with Gasteiger partial charge in [-0.1, -0.05) is 0 Å². The second-order valence-corrected chi connectivity index (χ2v) is 5.01. The van der Waals surface area contributed by atoms with Gasteiger partial charge in [-0.15, -0.1) is 0 Å². The van der Waals surface area contributed by atoms with Crippen molar-refractivity contribution < 1.29 is 18.7 Å². The lowest BCUT2D eigenvalue weighted by atomic mass is 10.1. The van der Waals surface area contributed by atoms with Crippen molar-refractivity contribution >= 4 is 22.9 Å². The van der Waals surface area contributed by atoms with Crippen LogP contribution in [0.2, 0.25) is 0 Å². The van der Waals surface area contributed by atoms with Crippen molar-refractivity contribution in [3.05, 3.63) is 51.8 Å². The van der Waals surface area contributed by atoms with Crippen molar-refractivity contribution in [1.82, 2.24) is 4.57 Å². The van der Waals surface area contributed by atoms with Gasteiger partial charge in [-0.3, -0.25) is 4.79 Å². The number of rotatable bonds is 3. The lowest BCUT2D eigenvalue weighted by molar-refractivity contribution is -0.131. The van der Waals surface area contributed by atoms with Gasteiger partial charge in [-0.05, 0) is 25.0 Å². The molecular formula is C15H11F2NO3. The second-order valence-electron chi connectivity index (χ2n) is 5.01. The summed E-state index contributed by atoms with van der Waals surface area (Å²) in [5.41, 5.74) is -0.0463. The molecule has 0 unspecified atom stereocenters. The van der Waals surface area contributed by atoms with Gasteiger partial charge in [-0.25, -0.2) is 13.6 Å². The van der Waals surface area contributed by atoms with Crippen LogP contribution in [0, 0.1) is 11.6 Å². The number of benzene rings is 1. The van der Waals surface area contributed by atoms with Gasteiger partial charge < -0.3 is 9.67 Å². The van der Waals surface area contributed by atoms with Crippen LogP contribution in [0.15, 0.2) is 29.2 Å². The van der Waals surface area contributed by atoms with E-state index in [4.69, 9.17) is 5.11 Å². The van der Waals surface area contributed by atoms with Gasteiger partial charge in [0.15, 0.2) is 17.1 Å². The zero-order valence-electron chi connectivity index (χ0n) is 10.8. The molecule has 1 N–H and O–H groups in total. The highest BCUT2D eigenvalue weighted by atomic mass is 19.2. The average Bonchev–Trinajstić information content (AvgIpc) is 3.25. The molecule has 0 amide bonds. The van der Waals surface area contributed by atoms with Crippen LogP contribution in [-0.4, -0.2) is 15.6 Å². The largest absolute Gasteiger partial charge is 0.478 e. The minimum Gasteiger partial charge on any atom is -0.478 e. The molecule has 1 aromatic carbocycles. The molecule has 21 heavy (non-hydrogen) atoms. The molecule has 0 spiro atoms. The topological polar surface area (TPSA) is 59.3 Å². The molecular weight excluding hydrogens is 280 g/mol. The number of nitrogens with zero attached hydrogens (tertiary/aromatic N) is 1. The first-order chi connectivity index (χ1) is 9.97. The predicted molar refractivity (Wildman–Crippen MR) is 73.1 cm³/mol. The number of aliphatic carboxylic acids is 1. The third-order valence-electron chi connectivity index (χ3n) is 3.45. The third kappa shape index (κ3) is 2.44. The number of halogens is 2. The minimum absolute atomic E-state index is 0.0494. The smallest absolute Gasteiger partial charge is 0.328 e. The molecule has 2 aromatic rings. The van der Waals surface area contributed by atoms with Gasteiger partial charge in [0.1, 0.15) is 0 Å². The maximum absolute atomic E-state index is 13.4. The van der Waals surface area contributed by atoms with E-state index in [2.05, 4.69) is 0 Å². The van der Waals surface area contributed by atoms with Crippen LogP contribution in [-0.2, 0) is 4.79 Å². The van der Waals surface area contributed by atoms with Gasteiger partial charge in [0.05, 0.1) is 5.52 Å². The summed E-state index contributed by atoms with van der Waals surface area (Å²) < 4.78 is 28.5. The molecule has 0 saturated heterocycles. The molecule has 0 atom stereocenters. The Balaban J connectivity index is 2.31. The molecule has 3 rings (SSSR count). The number of carbonyl (C=O) groups is 1. The molecule has 0 aliphatic heterocycles. The maximum Gasteiger partial charge on any atom is 0.328 e. The molecule has 108 valence electrons. The fraction of sp³-hybridized carbons (Fsp3) is 0.200. The average molecular weight is 291 g/mol. The molecule has 1 heterocycles. The number of fused-ring (bicyclic) bond motifs is 1. The summed E-state index contributed by atoms with van der Waals surface area (Å²) in [5, 5.41) is 8.69. The first-order valence-electron chi connectivity index (χ1n) is 6.42. The summed E-state index contributed by atoms with van der Waals surface area (Å²) >= 11 is 0. The highest BCUT2D eigenvalue weighted by Crippen LogP contribution is 2.37. The van der Waals surface area contributed by atoms with E-state index in [1.807, 2.05) is 0 Å². The zero-order chi connectivity index (χ0) is 15.1.